The molecule has 4 aromatic rings. The van der Waals surface area contributed by atoms with Crippen LogP contribution in [-0.2, 0) is 16.0 Å². The quantitative estimate of drug-likeness (QED) is 0.190. The molecule has 14 heteroatoms. The van der Waals surface area contributed by atoms with Gasteiger partial charge in [-0.3, -0.25) is 9.58 Å². The Kier molecular flexibility index (Phi) is 10.5. The van der Waals surface area contributed by atoms with Crippen molar-refractivity contribution in [2.45, 2.75) is 89.2 Å². The number of rotatable bonds is 14. The van der Waals surface area contributed by atoms with Gasteiger partial charge in [0.1, 0.15) is 36.3 Å². The summed E-state index contributed by atoms with van der Waals surface area (Å²) in [5, 5.41) is 22.1. The van der Waals surface area contributed by atoms with Crippen LogP contribution in [0.4, 0.5) is 11.6 Å². The van der Waals surface area contributed by atoms with E-state index < -0.39 is 0 Å². The van der Waals surface area contributed by atoms with Crippen LogP contribution in [0.3, 0.4) is 0 Å². The van der Waals surface area contributed by atoms with E-state index in [1.807, 2.05) is 25.3 Å². The van der Waals surface area contributed by atoms with Crippen molar-refractivity contribution in [3.8, 4) is 28.8 Å². The average molecular weight is 683 g/mol. The lowest BCUT2D eigenvalue weighted by atomic mass is 9.89. The van der Waals surface area contributed by atoms with Gasteiger partial charge < -0.3 is 24.3 Å². The molecule has 2 aliphatic heterocycles. The zero-order valence-corrected chi connectivity index (χ0v) is 29.0. The van der Waals surface area contributed by atoms with Gasteiger partial charge in [0.15, 0.2) is 0 Å². The van der Waals surface area contributed by atoms with Crippen molar-refractivity contribution >= 4 is 11.6 Å². The van der Waals surface area contributed by atoms with Crippen LogP contribution < -0.4 is 14.8 Å². The molecule has 0 unspecified atom stereocenters. The second-order valence-electron chi connectivity index (χ2n) is 13.8. The fraction of sp³-hybridized carbons (Fsp3) is 0.556. The summed E-state index contributed by atoms with van der Waals surface area (Å²) in [4.78, 5) is 16.0. The van der Waals surface area contributed by atoms with E-state index in [1.54, 1.807) is 36.6 Å². The van der Waals surface area contributed by atoms with E-state index >= 15 is 0 Å². The van der Waals surface area contributed by atoms with E-state index in [0.29, 0.717) is 67.1 Å². The number of benzene rings is 1. The highest BCUT2D eigenvalue weighted by atomic mass is 16.5. The summed E-state index contributed by atoms with van der Waals surface area (Å²) in [5.41, 5.74) is 2.80. The largest absolute Gasteiger partial charge is 0.487 e. The summed E-state index contributed by atoms with van der Waals surface area (Å²) in [5.74, 6) is 1.66. The Bertz CT molecular complexity index is 1720. The molecule has 50 heavy (non-hydrogen) atoms. The van der Waals surface area contributed by atoms with Gasteiger partial charge in [-0.05, 0) is 63.1 Å². The Labute approximate surface area is 292 Å². The van der Waals surface area contributed by atoms with Gasteiger partial charge in [-0.1, -0.05) is 13.0 Å². The van der Waals surface area contributed by atoms with E-state index in [1.165, 1.54) is 19.2 Å². The van der Waals surface area contributed by atoms with Gasteiger partial charge in [-0.2, -0.15) is 10.4 Å². The molecule has 1 N–H and O–H groups in total. The summed E-state index contributed by atoms with van der Waals surface area (Å²) in [6.45, 7) is 7.36. The Balaban J connectivity index is 1.04. The maximum absolute atomic E-state index is 9.70. The van der Waals surface area contributed by atoms with Gasteiger partial charge in [0, 0.05) is 49.1 Å². The molecule has 7 rings (SSSR count). The molecule has 0 spiro atoms. The van der Waals surface area contributed by atoms with Crippen molar-refractivity contribution in [2.24, 2.45) is 5.92 Å². The zero-order valence-electron chi connectivity index (χ0n) is 29.0. The molecule has 2 bridgehead atoms. The molecule has 1 aliphatic carbocycles. The molecule has 3 fully saturated rings. The molecule has 1 aromatic carbocycles. The van der Waals surface area contributed by atoms with Crippen molar-refractivity contribution in [2.75, 3.05) is 38.9 Å². The van der Waals surface area contributed by atoms with E-state index in [0.717, 1.165) is 55.7 Å². The minimum Gasteiger partial charge on any atom is -0.487 e. The van der Waals surface area contributed by atoms with Crippen LogP contribution in [0.5, 0.6) is 11.6 Å². The Morgan fingerprint density at radius 3 is 2.42 bits per heavy atom. The first-order valence-electron chi connectivity index (χ1n) is 17.7. The second kappa shape index (κ2) is 15.5. The molecule has 0 radical (unpaired) electrons. The summed E-state index contributed by atoms with van der Waals surface area (Å²) >= 11 is 0. The van der Waals surface area contributed by atoms with Gasteiger partial charge in [0.05, 0.1) is 50.8 Å². The lowest BCUT2D eigenvalue weighted by Gasteiger charge is -2.43. The fourth-order valence-electron chi connectivity index (χ4n) is 7.58. The van der Waals surface area contributed by atoms with E-state index in [4.69, 9.17) is 24.0 Å². The number of anilines is 2. The molecular weight excluding hydrogens is 636 g/mol. The molecule has 1 saturated carbocycles. The monoisotopic (exact) mass is 682 g/mol. The predicted molar refractivity (Wildman–Crippen MR) is 185 cm³/mol. The summed E-state index contributed by atoms with van der Waals surface area (Å²) in [7, 11) is 1.70. The predicted octanol–water partition coefficient (Wildman–Crippen LogP) is 5.02. The van der Waals surface area contributed by atoms with E-state index in [2.05, 4.69) is 47.9 Å². The van der Waals surface area contributed by atoms with Crippen LogP contribution in [0, 0.1) is 17.2 Å². The molecule has 0 amide bonds. The Morgan fingerprint density at radius 2 is 1.72 bits per heavy atom. The molecule has 3 aliphatic rings. The minimum atomic E-state index is -0.230. The van der Waals surface area contributed by atoms with Crippen LogP contribution in [-0.4, -0.2) is 97.2 Å². The SMILES string of the molecule is COC[C@H](C)COc1nn([C@H]2CC[C@H](N3[C@@H]4CC[C@H]3COC4)CC2)cc1Nc1ncc(-c2ccc(C#N)c(O[C@@H](C)Cn3cncn3)c2)cn1. The Hall–Kier alpha value is -4.58. The minimum absolute atomic E-state index is 0.208. The first-order chi connectivity index (χ1) is 24.5. The van der Waals surface area contributed by atoms with Crippen LogP contribution in [0.25, 0.3) is 11.1 Å². The van der Waals surface area contributed by atoms with Crippen molar-refractivity contribution in [1.29, 1.82) is 5.26 Å². The number of hydrogen-bond acceptors (Lipinski definition) is 12. The van der Waals surface area contributed by atoms with Crippen LogP contribution in [0.2, 0.25) is 0 Å². The zero-order chi connectivity index (χ0) is 34.5. The summed E-state index contributed by atoms with van der Waals surface area (Å²) < 4.78 is 27.3. The summed E-state index contributed by atoms with van der Waals surface area (Å²) in [6, 6.07) is 9.78. The fourth-order valence-corrected chi connectivity index (χ4v) is 7.58. The summed E-state index contributed by atoms with van der Waals surface area (Å²) in [6.07, 6.45) is 15.4. The number of aromatic nitrogens is 7. The maximum Gasteiger partial charge on any atom is 0.256 e. The molecule has 5 heterocycles. The third-order valence-electron chi connectivity index (χ3n) is 9.99. The average Bonchev–Trinajstić information content (AvgIpc) is 3.85. The lowest BCUT2D eigenvalue weighted by Crippen LogP contribution is -2.52. The van der Waals surface area contributed by atoms with E-state index in [9.17, 15) is 5.26 Å². The van der Waals surface area contributed by atoms with Gasteiger partial charge in [-0.15, -0.1) is 5.10 Å². The molecule has 4 atom stereocenters. The number of morpholine rings is 1. The lowest BCUT2D eigenvalue weighted by molar-refractivity contribution is -0.0458. The Morgan fingerprint density at radius 1 is 0.980 bits per heavy atom. The topological polar surface area (TPSA) is 150 Å². The standard InChI is InChI=1S/C36H46N10O4/c1-24(18-47-3)19-49-35-33(17-45(43-35)29-6-8-30(9-7-29)46-31-10-11-32(46)21-48-20-31)42-36-39-14-28(15-40-36)26-4-5-27(13-37)34(12-26)50-25(2)16-44-23-38-22-41-44/h4-5,12,14-15,17,22-25,29-32H,6-11,16,18-21H2,1-3H3,(H,39,40,42)/t24-,25-,29-,30-,31-,32+/m0/s1. The molecule has 3 aromatic heterocycles. The first kappa shape index (κ1) is 33.9. The molecule has 14 nitrogen and oxygen atoms in total. The number of nitriles is 1. The van der Waals surface area contributed by atoms with Crippen LogP contribution >= 0.6 is 0 Å². The normalized spacial score (nSPS) is 23.2. The van der Waals surface area contributed by atoms with Crippen LogP contribution in [0.1, 0.15) is 64.0 Å². The van der Waals surface area contributed by atoms with Crippen molar-refractivity contribution in [1.82, 2.24) is 39.4 Å². The van der Waals surface area contributed by atoms with Crippen molar-refractivity contribution in [3.63, 3.8) is 0 Å². The van der Waals surface area contributed by atoms with E-state index in [-0.39, 0.29) is 12.0 Å². The third-order valence-corrected chi connectivity index (χ3v) is 9.99. The second-order valence-corrected chi connectivity index (χ2v) is 13.8. The highest BCUT2D eigenvalue weighted by molar-refractivity contribution is 5.67. The molecular formula is C36H46N10O4. The number of nitrogens with zero attached hydrogens (tertiary/aromatic N) is 9. The van der Waals surface area contributed by atoms with Crippen molar-refractivity contribution < 1.29 is 18.9 Å². The van der Waals surface area contributed by atoms with Gasteiger partial charge >= 0.3 is 0 Å². The van der Waals surface area contributed by atoms with Gasteiger partial charge in [-0.25, -0.2) is 19.6 Å². The number of fused-ring (bicyclic) bond motifs is 2. The highest BCUT2D eigenvalue weighted by Crippen LogP contribution is 2.39. The smallest absolute Gasteiger partial charge is 0.256 e. The van der Waals surface area contributed by atoms with Gasteiger partial charge in [0.2, 0.25) is 5.95 Å². The molecule has 2 saturated heterocycles. The maximum atomic E-state index is 9.70. The number of methoxy groups -OCH3 is 1. The highest BCUT2D eigenvalue weighted by Gasteiger charge is 2.42. The number of hydrogen-bond donors (Lipinski definition) is 1. The molecule has 264 valence electrons. The van der Waals surface area contributed by atoms with Crippen LogP contribution in [0.15, 0.2) is 49.4 Å². The number of ether oxygens (including phenoxy) is 4. The first-order valence-corrected chi connectivity index (χ1v) is 17.7. The number of nitrogens with one attached hydrogen (secondary N) is 1. The van der Waals surface area contributed by atoms with Crippen molar-refractivity contribution in [3.05, 3.63) is 55.0 Å². The van der Waals surface area contributed by atoms with Gasteiger partial charge in [0.25, 0.3) is 5.88 Å². The third kappa shape index (κ3) is 7.75.